The molecule has 0 aliphatic heterocycles. The summed E-state index contributed by atoms with van der Waals surface area (Å²) < 4.78 is 2.08. The Morgan fingerprint density at radius 1 is 1.28 bits per heavy atom. The van der Waals surface area contributed by atoms with Crippen LogP contribution in [0.5, 0.6) is 0 Å². The van der Waals surface area contributed by atoms with Gasteiger partial charge in [0.05, 0.1) is 18.1 Å². The standard InChI is InChI=1S/C14H20N4/c1-3-6-17-13(14-10-16-11-18(14)2)9-12-4-7-15-8-5-12/h4-5,7-8,10-11,13,17H,3,6,9H2,1-2H3. The van der Waals surface area contributed by atoms with Gasteiger partial charge in [0, 0.05) is 25.6 Å². The summed E-state index contributed by atoms with van der Waals surface area (Å²) in [5.41, 5.74) is 2.51. The molecule has 0 amide bonds. The third-order valence-corrected chi connectivity index (χ3v) is 3.04. The minimum absolute atomic E-state index is 0.305. The van der Waals surface area contributed by atoms with E-state index in [1.807, 2.05) is 32.0 Å². The largest absolute Gasteiger partial charge is 0.336 e. The molecule has 4 heteroatoms. The zero-order chi connectivity index (χ0) is 12.8. The van der Waals surface area contributed by atoms with Gasteiger partial charge in [0.25, 0.3) is 0 Å². The SMILES string of the molecule is CCCNC(Cc1ccncc1)c1cncn1C. The van der Waals surface area contributed by atoms with Gasteiger partial charge in [-0.15, -0.1) is 0 Å². The third kappa shape index (κ3) is 3.17. The Morgan fingerprint density at radius 3 is 2.67 bits per heavy atom. The zero-order valence-corrected chi connectivity index (χ0v) is 11.0. The summed E-state index contributed by atoms with van der Waals surface area (Å²) >= 11 is 0. The summed E-state index contributed by atoms with van der Waals surface area (Å²) in [6, 6.07) is 4.44. The van der Waals surface area contributed by atoms with Crippen LogP contribution in [0.25, 0.3) is 0 Å². The van der Waals surface area contributed by atoms with Crippen molar-refractivity contribution in [1.82, 2.24) is 19.9 Å². The highest BCUT2D eigenvalue weighted by atomic mass is 15.1. The van der Waals surface area contributed by atoms with Crippen molar-refractivity contribution in [3.8, 4) is 0 Å². The fourth-order valence-corrected chi connectivity index (χ4v) is 2.06. The Hall–Kier alpha value is -1.68. The predicted octanol–water partition coefficient (Wildman–Crippen LogP) is 2.10. The molecule has 0 saturated heterocycles. The van der Waals surface area contributed by atoms with Crippen LogP contribution in [0.2, 0.25) is 0 Å². The van der Waals surface area contributed by atoms with Crippen molar-refractivity contribution in [3.05, 3.63) is 48.3 Å². The van der Waals surface area contributed by atoms with Gasteiger partial charge in [0.1, 0.15) is 0 Å². The molecule has 2 aromatic heterocycles. The number of imidazole rings is 1. The molecule has 0 fully saturated rings. The Bertz CT molecular complexity index is 464. The number of nitrogens with one attached hydrogen (secondary N) is 1. The van der Waals surface area contributed by atoms with Crippen LogP contribution in [0.1, 0.15) is 30.6 Å². The van der Waals surface area contributed by atoms with Crippen LogP contribution in [-0.4, -0.2) is 21.1 Å². The molecule has 4 nitrogen and oxygen atoms in total. The van der Waals surface area contributed by atoms with Crippen molar-refractivity contribution < 1.29 is 0 Å². The van der Waals surface area contributed by atoms with E-state index in [-0.39, 0.29) is 0 Å². The fourth-order valence-electron chi connectivity index (χ4n) is 2.06. The molecular weight excluding hydrogens is 224 g/mol. The lowest BCUT2D eigenvalue weighted by Gasteiger charge is -2.19. The van der Waals surface area contributed by atoms with Crippen molar-refractivity contribution in [1.29, 1.82) is 0 Å². The molecule has 0 bridgehead atoms. The van der Waals surface area contributed by atoms with Crippen LogP contribution in [0.15, 0.2) is 37.1 Å². The smallest absolute Gasteiger partial charge is 0.0946 e. The van der Waals surface area contributed by atoms with Crippen LogP contribution >= 0.6 is 0 Å². The Labute approximate surface area is 108 Å². The van der Waals surface area contributed by atoms with Gasteiger partial charge in [-0.1, -0.05) is 6.92 Å². The molecule has 0 saturated carbocycles. The highest BCUT2D eigenvalue weighted by Gasteiger charge is 2.14. The Kier molecular flexibility index (Phi) is 4.47. The summed E-state index contributed by atoms with van der Waals surface area (Å²) in [6.45, 7) is 3.20. The van der Waals surface area contributed by atoms with Crippen molar-refractivity contribution in [2.75, 3.05) is 6.54 Å². The first-order valence-corrected chi connectivity index (χ1v) is 6.39. The van der Waals surface area contributed by atoms with E-state index in [4.69, 9.17) is 0 Å². The molecule has 0 aromatic carbocycles. The van der Waals surface area contributed by atoms with Crippen molar-refractivity contribution in [2.45, 2.75) is 25.8 Å². The maximum Gasteiger partial charge on any atom is 0.0946 e. The van der Waals surface area contributed by atoms with E-state index in [1.165, 1.54) is 11.3 Å². The molecule has 1 atom stereocenters. The Morgan fingerprint density at radius 2 is 2.06 bits per heavy atom. The lowest BCUT2D eigenvalue weighted by molar-refractivity contribution is 0.504. The van der Waals surface area contributed by atoms with Crippen LogP contribution in [0.3, 0.4) is 0 Å². The van der Waals surface area contributed by atoms with Crippen LogP contribution < -0.4 is 5.32 Å². The second-order valence-electron chi connectivity index (χ2n) is 4.50. The van der Waals surface area contributed by atoms with E-state index in [1.54, 1.807) is 0 Å². The highest BCUT2D eigenvalue weighted by Crippen LogP contribution is 2.17. The molecule has 2 rings (SSSR count). The minimum atomic E-state index is 0.305. The van der Waals surface area contributed by atoms with Gasteiger partial charge >= 0.3 is 0 Å². The molecular formula is C14H20N4. The Balaban J connectivity index is 2.13. The van der Waals surface area contributed by atoms with Gasteiger partial charge in [-0.25, -0.2) is 4.98 Å². The summed E-state index contributed by atoms with van der Waals surface area (Å²) in [5, 5.41) is 3.58. The summed E-state index contributed by atoms with van der Waals surface area (Å²) in [4.78, 5) is 8.26. The van der Waals surface area contributed by atoms with E-state index in [9.17, 15) is 0 Å². The lowest BCUT2D eigenvalue weighted by Crippen LogP contribution is -2.25. The number of nitrogens with zero attached hydrogens (tertiary/aromatic N) is 3. The van der Waals surface area contributed by atoms with Gasteiger partial charge in [0.15, 0.2) is 0 Å². The van der Waals surface area contributed by atoms with Gasteiger partial charge in [0.2, 0.25) is 0 Å². The van der Waals surface area contributed by atoms with E-state index in [2.05, 4.69) is 38.9 Å². The first-order chi connectivity index (χ1) is 8.81. The number of aryl methyl sites for hydroxylation is 1. The molecule has 18 heavy (non-hydrogen) atoms. The van der Waals surface area contributed by atoms with E-state index >= 15 is 0 Å². The van der Waals surface area contributed by atoms with Crippen molar-refractivity contribution >= 4 is 0 Å². The first kappa shape index (κ1) is 12.8. The zero-order valence-electron chi connectivity index (χ0n) is 11.0. The van der Waals surface area contributed by atoms with E-state index < -0.39 is 0 Å². The average molecular weight is 244 g/mol. The number of aromatic nitrogens is 3. The third-order valence-electron chi connectivity index (χ3n) is 3.04. The van der Waals surface area contributed by atoms with Crippen LogP contribution in [0, 0.1) is 0 Å². The van der Waals surface area contributed by atoms with E-state index in [0.717, 1.165) is 19.4 Å². The average Bonchev–Trinajstić information content (AvgIpc) is 2.82. The molecule has 0 aliphatic rings. The van der Waals surface area contributed by atoms with Crippen molar-refractivity contribution in [3.63, 3.8) is 0 Å². The topological polar surface area (TPSA) is 42.7 Å². The van der Waals surface area contributed by atoms with Gasteiger partial charge in [-0.2, -0.15) is 0 Å². The molecule has 96 valence electrons. The van der Waals surface area contributed by atoms with Crippen molar-refractivity contribution in [2.24, 2.45) is 7.05 Å². The maximum atomic E-state index is 4.20. The molecule has 0 aliphatic carbocycles. The summed E-state index contributed by atoms with van der Waals surface area (Å²) in [6.07, 6.45) is 9.56. The maximum absolute atomic E-state index is 4.20. The number of hydrogen-bond acceptors (Lipinski definition) is 3. The van der Waals surface area contributed by atoms with Gasteiger partial charge in [-0.05, 0) is 37.1 Å². The second kappa shape index (κ2) is 6.31. The number of rotatable bonds is 6. The normalized spacial score (nSPS) is 12.6. The molecule has 1 unspecified atom stereocenters. The first-order valence-electron chi connectivity index (χ1n) is 6.39. The number of pyridine rings is 1. The minimum Gasteiger partial charge on any atom is -0.336 e. The van der Waals surface area contributed by atoms with Crippen LogP contribution in [0.4, 0.5) is 0 Å². The summed E-state index contributed by atoms with van der Waals surface area (Å²) in [5.74, 6) is 0. The predicted molar refractivity (Wildman–Crippen MR) is 72.2 cm³/mol. The fraction of sp³-hybridized carbons (Fsp3) is 0.429. The van der Waals surface area contributed by atoms with E-state index in [0.29, 0.717) is 6.04 Å². The summed E-state index contributed by atoms with van der Waals surface area (Å²) in [7, 11) is 2.04. The molecule has 2 aromatic rings. The molecule has 1 N–H and O–H groups in total. The molecule has 0 radical (unpaired) electrons. The lowest BCUT2D eigenvalue weighted by atomic mass is 10.0. The van der Waals surface area contributed by atoms with Gasteiger partial charge < -0.3 is 9.88 Å². The monoisotopic (exact) mass is 244 g/mol. The van der Waals surface area contributed by atoms with Crippen LogP contribution in [-0.2, 0) is 13.5 Å². The second-order valence-corrected chi connectivity index (χ2v) is 4.50. The highest BCUT2D eigenvalue weighted by molar-refractivity contribution is 5.16. The molecule has 0 spiro atoms. The van der Waals surface area contributed by atoms with Gasteiger partial charge in [-0.3, -0.25) is 4.98 Å². The number of hydrogen-bond donors (Lipinski definition) is 1. The molecule has 2 heterocycles. The quantitative estimate of drug-likeness (QED) is 0.846.